The van der Waals surface area contributed by atoms with E-state index in [4.69, 9.17) is 0 Å². The van der Waals surface area contributed by atoms with E-state index >= 15 is 0 Å². The normalized spacial score (nSPS) is 21.5. The van der Waals surface area contributed by atoms with Gasteiger partial charge in [-0.05, 0) is 43.2 Å². The topological polar surface area (TPSA) is 75.7 Å². The van der Waals surface area contributed by atoms with Crippen LogP contribution >= 0.6 is 0 Å². The summed E-state index contributed by atoms with van der Waals surface area (Å²) < 4.78 is 25.6. The molecule has 2 aliphatic carbocycles. The largest absolute Gasteiger partial charge is 0.262 e. The number of H-pyrrole nitrogens is 1. The Morgan fingerprint density at radius 1 is 1.18 bits per heavy atom. The minimum atomic E-state index is -3.28. The van der Waals surface area contributed by atoms with E-state index in [1.165, 1.54) is 5.56 Å². The summed E-state index contributed by atoms with van der Waals surface area (Å²) in [5.74, 6) is 1.63. The number of aryl methyl sites for hydroxylation is 1. The Bertz CT molecular complexity index is 793. The standard InChI is InChI=1S/C16H19N3O2S/c20-22(21,10-15-17-16(19-18-15)12-8-9-12)14-7-3-5-11-4-1-2-6-13(11)14/h1-2,4,6,12,14H,3,5,7-10H2,(H,17,18,19). The molecule has 1 fully saturated rings. The highest BCUT2D eigenvalue weighted by molar-refractivity contribution is 7.90. The molecule has 2 aliphatic rings. The van der Waals surface area contributed by atoms with Crippen molar-refractivity contribution in [2.24, 2.45) is 0 Å². The molecule has 1 N–H and O–H groups in total. The van der Waals surface area contributed by atoms with Gasteiger partial charge >= 0.3 is 0 Å². The summed E-state index contributed by atoms with van der Waals surface area (Å²) in [6.45, 7) is 0. The average molecular weight is 317 g/mol. The maximum Gasteiger partial charge on any atom is 0.164 e. The molecule has 0 radical (unpaired) electrons. The lowest BCUT2D eigenvalue weighted by molar-refractivity contribution is 0.558. The van der Waals surface area contributed by atoms with Crippen LogP contribution in [0.3, 0.4) is 0 Å². The number of nitrogens with one attached hydrogen (secondary N) is 1. The van der Waals surface area contributed by atoms with E-state index < -0.39 is 15.1 Å². The monoisotopic (exact) mass is 317 g/mol. The van der Waals surface area contributed by atoms with Crippen LogP contribution < -0.4 is 0 Å². The second-order valence-electron chi connectivity index (χ2n) is 6.30. The summed E-state index contributed by atoms with van der Waals surface area (Å²) in [5, 5.41) is 6.55. The number of hydrogen-bond acceptors (Lipinski definition) is 4. The van der Waals surface area contributed by atoms with Gasteiger partial charge in [-0.15, -0.1) is 0 Å². The number of sulfone groups is 1. The fraction of sp³-hybridized carbons (Fsp3) is 0.500. The minimum Gasteiger partial charge on any atom is -0.262 e. The zero-order valence-corrected chi connectivity index (χ0v) is 13.1. The Labute approximate surface area is 130 Å². The van der Waals surface area contributed by atoms with Gasteiger partial charge in [0.2, 0.25) is 0 Å². The SMILES string of the molecule is O=S(=O)(Cc1nc(C2CC2)n[nH]1)C1CCCc2ccccc21. The van der Waals surface area contributed by atoms with Crippen molar-refractivity contribution in [3.05, 3.63) is 47.0 Å². The van der Waals surface area contributed by atoms with Crippen molar-refractivity contribution in [3.8, 4) is 0 Å². The Balaban J connectivity index is 1.60. The number of fused-ring (bicyclic) bond motifs is 1. The van der Waals surface area contributed by atoms with Crippen LogP contribution in [-0.4, -0.2) is 23.6 Å². The van der Waals surface area contributed by atoms with Gasteiger partial charge in [0.25, 0.3) is 0 Å². The van der Waals surface area contributed by atoms with Crippen molar-refractivity contribution in [2.45, 2.75) is 49.0 Å². The zero-order chi connectivity index (χ0) is 15.2. The zero-order valence-electron chi connectivity index (χ0n) is 12.3. The highest BCUT2D eigenvalue weighted by Gasteiger charge is 2.33. The van der Waals surface area contributed by atoms with Crippen molar-refractivity contribution in [3.63, 3.8) is 0 Å². The van der Waals surface area contributed by atoms with Gasteiger partial charge in [-0.25, -0.2) is 13.4 Å². The predicted octanol–water partition coefficient (Wildman–Crippen LogP) is 2.67. The molecule has 0 amide bonds. The third kappa shape index (κ3) is 2.56. The van der Waals surface area contributed by atoms with E-state index in [1.807, 2.05) is 24.3 Å². The molecule has 4 rings (SSSR count). The van der Waals surface area contributed by atoms with Crippen LogP contribution in [-0.2, 0) is 22.0 Å². The molecule has 5 nitrogen and oxygen atoms in total. The van der Waals surface area contributed by atoms with Crippen LogP contribution in [0.5, 0.6) is 0 Å². The molecule has 0 spiro atoms. The van der Waals surface area contributed by atoms with Gasteiger partial charge in [0.15, 0.2) is 15.7 Å². The molecule has 1 heterocycles. The van der Waals surface area contributed by atoms with Crippen molar-refractivity contribution < 1.29 is 8.42 Å². The number of aromatic nitrogens is 3. The van der Waals surface area contributed by atoms with E-state index in [9.17, 15) is 8.42 Å². The molecule has 0 bridgehead atoms. The second kappa shape index (κ2) is 5.19. The van der Waals surface area contributed by atoms with Crippen LogP contribution in [0.25, 0.3) is 0 Å². The van der Waals surface area contributed by atoms with Crippen molar-refractivity contribution in [1.29, 1.82) is 0 Å². The molecule has 1 saturated carbocycles. The molecule has 2 aromatic rings. The molecule has 116 valence electrons. The molecule has 1 aromatic carbocycles. The summed E-state index contributed by atoms with van der Waals surface area (Å²) in [5.41, 5.74) is 2.13. The first kappa shape index (κ1) is 13.9. The fourth-order valence-corrected chi connectivity index (χ4v) is 5.13. The molecular weight excluding hydrogens is 298 g/mol. The first-order chi connectivity index (χ1) is 10.6. The molecule has 1 atom stereocenters. The van der Waals surface area contributed by atoms with Gasteiger partial charge in [0, 0.05) is 5.92 Å². The van der Waals surface area contributed by atoms with Crippen molar-refractivity contribution in [1.82, 2.24) is 15.2 Å². The smallest absolute Gasteiger partial charge is 0.164 e. The van der Waals surface area contributed by atoms with E-state index in [-0.39, 0.29) is 5.75 Å². The Hall–Kier alpha value is -1.69. The molecule has 6 heteroatoms. The van der Waals surface area contributed by atoms with Gasteiger partial charge in [-0.2, -0.15) is 5.10 Å². The highest BCUT2D eigenvalue weighted by atomic mass is 32.2. The quantitative estimate of drug-likeness (QED) is 0.940. The Morgan fingerprint density at radius 2 is 2.00 bits per heavy atom. The summed E-state index contributed by atoms with van der Waals surface area (Å²) >= 11 is 0. The summed E-state index contributed by atoms with van der Waals surface area (Å²) in [4.78, 5) is 4.36. The fourth-order valence-electron chi connectivity index (χ4n) is 3.27. The molecule has 0 aliphatic heterocycles. The van der Waals surface area contributed by atoms with Gasteiger partial charge in [-0.3, -0.25) is 5.10 Å². The lowest BCUT2D eigenvalue weighted by atomic mass is 9.91. The highest BCUT2D eigenvalue weighted by Crippen LogP contribution is 2.39. The number of aromatic amines is 1. The van der Waals surface area contributed by atoms with Gasteiger partial charge in [0.05, 0.1) is 5.25 Å². The minimum absolute atomic E-state index is 0.0499. The van der Waals surface area contributed by atoms with Crippen LogP contribution in [0.2, 0.25) is 0 Å². The van der Waals surface area contributed by atoms with E-state index in [0.717, 1.165) is 37.1 Å². The van der Waals surface area contributed by atoms with E-state index in [1.54, 1.807) is 0 Å². The van der Waals surface area contributed by atoms with Crippen LogP contribution in [0, 0.1) is 0 Å². The lowest BCUT2D eigenvalue weighted by Gasteiger charge is -2.25. The summed E-state index contributed by atoms with van der Waals surface area (Å²) in [7, 11) is -3.28. The number of hydrogen-bond donors (Lipinski definition) is 1. The van der Waals surface area contributed by atoms with Gasteiger partial charge in [0.1, 0.15) is 11.6 Å². The first-order valence-electron chi connectivity index (χ1n) is 7.84. The van der Waals surface area contributed by atoms with Gasteiger partial charge in [-0.1, -0.05) is 24.3 Å². The summed E-state index contributed by atoms with van der Waals surface area (Å²) in [6.07, 6.45) is 4.81. The molecular formula is C16H19N3O2S. The molecule has 22 heavy (non-hydrogen) atoms. The molecule has 0 saturated heterocycles. The van der Waals surface area contributed by atoms with Crippen LogP contribution in [0.4, 0.5) is 0 Å². The predicted molar refractivity (Wildman–Crippen MR) is 83.1 cm³/mol. The summed E-state index contributed by atoms with van der Waals surface area (Å²) in [6, 6.07) is 7.89. The maximum atomic E-state index is 12.8. The van der Waals surface area contributed by atoms with Crippen molar-refractivity contribution >= 4 is 9.84 Å². The third-order valence-electron chi connectivity index (χ3n) is 4.58. The number of nitrogens with zero attached hydrogens (tertiary/aromatic N) is 2. The third-order valence-corrected chi connectivity index (χ3v) is 6.61. The second-order valence-corrected chi connectivity index (χ2v) is 8.48. The average Bonchev–Trinajstić information content (AvgIpc) is 3.27. The van der Waals surface area contributed by atoms with Gasteiger partial charge < -0.3 is 0 Å². The Kier molecular flexibility index (Phi) is 3.29. The molecule has 1 unspecified atom stereocenters. The van der Waals surface area contributed by atoms with Crippen LogP contribution in [0.1, 0.15) is 59.6 Å². The lowest BCUT2D eigenvalue weighted by Crippen LogP contribution is -2.21. The van der Waals surface area contributed by atoms with Crippen molar-refractivity contribution in [2.75, 3.05) is 0 Å². The van der Waals surface area contributed by atoms with E-state index in [0.29, 0.717) is 18.2 Å². The Morgan fingerprint density at radius 3 is 2.82 bits per heavy atom. The molecule has 1 aromatic heterocycles. The maximum absolute atomic E-state index is 12.8. The van der Waals surface area contributed by atoms with E-state index in [2.05, 4.69) is 15.2 Å². The number of benzene rings is 1. The first-order valence-corrected chi connectivity index (χ1v) is 9.55. The van der Waals surface area contributed by atoms with Crippen LogP contribution in [0.15, 0.2) is 24.3 Å². The number of rotatable bonds is 4.